The van der Waals surface area contributed by atoms with Gasteiger partial charge in [-0.2, -0.15) is 0 Å². The van der Waals surface area contributed by atoms with E-state index < -0.39 is 8.32 Å². The molecule has 1 aliphatic rings. The second kappa shape index (κ2) is 5.72. The number of allylic oxidation sites excluding steroid dienone is 1. The van der Waals surface area contributed by atoms with Crippen LogP contribution in [-0.2, 0) is 4.43 Å². The maximum absolute atomic E-state index is 9.03. The Morgan fingerprint density at radius 2 is 2.06 bits per heavy atom. The molecule has 0 saturated heterocycles. The molecule has 0 aromatic rings. The molecule has 1 atom stereocenters. The van der Waals surface area contributed by atoms with Gasteiger partial charge >= 0.3 is 0 Å². The molecule has 1 fully saturated rings. The topological polar surface area (TPSA) is 29.5 Å². The first-order chi connectivity index (χ1) is 8.17. The van der Waals surface area contributed by atoms with Crippen molar-refractivity contribution in [3.63, 3.8) is 0 Å². The number of hydrogen-bond acceptors (Lipinski definition) is 2. The fraction of sp³-hybridized carbons (Fsp3) is 0.733. The number of aliphatic hydroxyl groups is 1. The molecule has 0 aromatic carbocycles. The van der Waals surface area contributed by atoms with E-state index in [9.17, 15) is 0 Å². The van der Waals surface area contributed by atoms with E-state index in [1.54, 1.807) is 0 Å². The van der Waals surface area contributed by atoms with Crippen LogP contribution in [0.15, 0.2) is 23.8 Å². The van der Waals surface area contributed by atoms with E-state index in [0.29, 0.717) is 6.10 Å². The maximum atomic E-state index is 9.03. The molecule has 0 spiro atoms. The summed E-state index contributed by atoms with van der Waals surface area (Å²) in [5.41, 5.74) is 2.35. The number of hydrogen-bond donors (Lipinski definition) is 1. The summed E-state index contributed by atoms with van der Waals surface area (Å²) in [6.45, 7) is 15.6. The van der Waals surface area contributed by atoms with Crippen LogP contribution in [0.25, 0.3) is 0 Å². The molecule has 0 aliphatic heterocycles. The quantitative estimate of drug-likeness (QED) is 0.783. The summed E-state index contributed by atoms with van der Waals surface area (Å²) in [5.74, 6) is 0. The zero-order valence-corrected chi connectivity index (χ0v) is 13.5. The summed E-state index contributed by atoms with van der Waals surface area (Å²) >= 11 is 0. The molecular formula is C15H28O2Si. The first kappa shape index (κ1) is 15.7. The summed E-state index contributed by atoms with van der Waals surface area (Å²) in [5, 5.41) is 9.29. The van der Waals surface area contributed by atoms with Crippen molar-refractivity contribution in [2.45, 2.75) is 64.3 Å². The standard InChI is InChI=1S/C15H28O2Si/c1-12-7-8-14(11-13(12)9-10-16)17-18(5,6)15(2,3)4/h9,14,16H,1,7-8,10-11H2,2-6H3/b13-9-. The Balaban J connectivity index is 2.70. The average molecular weight is 268 g/mol. The molecule has 1 saturated carbocycles. The molecule has 1 unspecified atom stereocenters. The van der Waals surface area contributed by atoms with Crippen molar-refractivity contribution in [2.75, 3.05) is 6.61 Å². The lowest BCUT2D eigenvalue weighted by Gasteiger charge is -2.41. The highest BCUT2D eigenvalue weighted by atomic mass is 28.4. The Labute approximate surface area is 113 Å². The second-order valence-corrected chi connectivity index (χ2v) is 11.5. The first-order valence-corrected chi connectivity index (χ1v) is 9.74. The lowest BCUT2D eigenvalue weighted by atomic mass is 9.88. The van der Waals surface area contributed by atoms with E-state index >= 15 is 0 Å². The molecule has 1 aliphatic carbocycles. The van der Waals surface area contributed by atoms with Gasteiger partial charge in [-0.3, -0.25) is 0 Å². The van der Waals surface area contributed by atoms with Crippen molar-refractivity contribution in [2.24, 2.45) is 0 Å². The SMILES string of the molecule is C=C1CCC(O[Si](C)(C)C(C)(C)C)C/C1=C/CO. The van der Waals surface area contributed by atoms with Gasteiger partial charge in [0.2, 0.25) is 0 Å². The van der Waals surface area contributed by atoms with Crippen molar-refractivity contribution in [3.05, 3.63) is 23.8 Å². The van der Waals surface area contributed by atoms with Gasteiger partial charge in [0.25, 0.3) is 0 Å². The van der Waals surface area contributed by atoms with E-state index in [1.807, 2.05) is 6.08 Å². The van der Waals surface area contributed by atoms with Crippen molar-refractivity contribution >= 4 is 8.32 Å². The highest BCUT2D eigenvalue weighted by Gasteiger charge is 2.39. The summed E-state index contributed by atoms with van der Waals surface area (Å²) in [6, 6.07) is 0. The molecule has 1 rings (SSSR count). The fourth-order valence-corrected chi connectivity index (χ4v) is 3.41. The van der Waals surface area contributed by atoms with Crippen LogP contribution in [0.2, 0.25) is 18.1 Å². The Kier molecular flexibility index (Phi) is 4.98. The highest BCUT2D eigenvalue weighted by molar-refractivity contribution is 6.74. The van der Waals surface area contributed by atoms with Crippen LogP contribution in [0.1, 0.15) is 40.0 Å². The van der Waals surface area contributed by atoms with Gasteiger partial charge in [-0.05, 0) is 43.0 Å². The van der Waals surface area contributed by atoms with Crippen LogP contribution in [0, 0.1) is 0 Å². The van der Waals surface area contributed by atoms with E-state index in [0.717, 1.165) is 19.3 Å². The molecule has 1 N–H and O–H groups in total. The smallest absolute Gasteiger partial charge is 0.192 e. The Morgan fingerprint density at radius 1 is 1.44 bits per heavy atom. The monoisotopic (exact) mass is 268 g/mol. The van der Waals surface area contributed by atoms with Crippen molar-refractivity contribution in [3.8, 4) is 0 Å². The zero-order valence-electron chi connectivity index (χ0n) is 12.5. The minimum absolute atomic E-state index is 0.0984. The van der Waals surface area contributed by atoms with Gasteiger partial charge in [-0.15, -0.1) is 0 Å². The summed E-state index contributed by atoms with van der Waals surface area (Å²) < 4.78 is 6.44. The molecule has 3 heteroatoms. The molecule has 2 nitrogen and oxygen atoms in total. The lowest BCUT2D eigenvalue weighted by molar-refractivity contribution is 0.164. The summed E-state index contributed by atoms with van der Waals surface area (Å²) in [7, 11) is -1.69. The molecule has 104 valence electrons. The third kappa shape index (κ3) is 3.80. The molecule has 0 amide bonds. The molecule has 0 bridgehead atoms. The van der Waals surface area contributed by atoms with Crippen molar-refractivity contribution < 1.29 is 9.53 Å². The first-order valence-electron chi connectivity index (χ1n) is 6.83. The summed E-state index contributed by atoms with van der Waals surface area (Å²) in [4.78, 5) is 0. The zero-order chi connectivity index (χ0) is 14.0. The van der Waals surface area contributed by atoms with Gasteiger partial charge in [0.1, 0.15) is 0 Å². The number of aliphatic hydroxyl groups excluding tert-OH is 1. The van der Waals surface area contributed by atoms with E-state index in [4.69, 9.17) is 9.53 Å². The molecule has 18 heavy (non-hydrogen) atoms. The molecule has 0 aromatic heterocycles. The molecular weight excluding hydrogens is 240 g/mol. The van der Waals surface area contributed by atoms with Crippen LogP contribution in [0.5, 0.6) is 0 Å². The predicted octanol–water partition coefficient (Wildman–Crippen LogP) is 4.04. The minimum Gasteiger partial charge on any atom is -0.414 e. The lowest BCUT2D eigenvalue weighted by Crippen LogP contribution is -2.44. The Hall–Kier alpha value is -0.383. The van der Waals surface area contributed by atoms with Crippen LogP contribution in [0.4, 0.5) is 0 Å². The summed E-state index contributed by atoms with van der Waals surface area (Å²) in [6.07, 6.45) is 5.14. The van der Waals surface area contributed by atoms with Crippen molar-refractivity contribution in [1.82, 2.24) is 0 Å². The van der Waals surface area contributed by atoms with E-state index in [2.05, 4.69) is 40.4 Å². The average Bonchev–Trinajstić information content (AvgIpc) is 2.21. The normalized spacial score (nSPS) is 24.7. The molecule has 0 heterocycles. The third-order valence-corrected chi connectivity index (χ3v) is 8.81. The number of rotatable bonds is 3. The third-order valence-electron chi connectivity index (χ3n) is 4.27. The van der Waals surface area contributed by atoms with Gasteiger partial charge in [0, 0.05) is 6.10 Å². The van der Waals surface area contributed by atoms with E-state index in [-0.39, 0.29) is 11.6 Å². The van der Waals surface area contributed by atoms with Crippen LogP contribution < -0.4 is 0 Å². The highest BCUT2D eigenvalue weighted by Crippen LogP contribution is 2.40. The molecule has 0 radical (unpaired) electrons. The fourth-order valence-electron chi connectivity index (χ4n) is 2.02. The van der Waals surface area contributed by atoms with Crippen LogP contribution in [0.3, 0.4) is 0 Å². The minimum atomic E-state index is -1.69. The van der Waals surface area contributed by atoms with Gasteiger partial charge in [-0.1, -0.05) is 39.0 Å². The predicted molar refractivity (Wildman–Crippen MR) is 80.2 cm³/mol. The van der Waals surface area contributed by atoms with Crippen molar-refractivity contribution in [1.29, 1.82) is 0 Å². The Bertz CT molecular complexity index is 337. The van der Waals surface area contributed by atoms with Gasteiger partial charge < -0.3 is 9.53 Å². The van der Waals surface area contributed by atoms with Crippen LogP contribution >= 0.6 is 0 Å². The van der Waals surface area contributed by atoms with Crippen LogP contribution in [-0.4, -0.2) is 26.1 Å². The van der Waals surface area contributed by atoms with Gasteiger partial charge in [0.15, 0.2) is 8.32 Å². The van der Waals surface area contributed by atoms with E-state index in [1.165, 1.54) is 11.1 Å². The maximum Gasteiger partial charge on any atom is 0.192 e. The van der Waals surface area contributed by atoms with Gasteiger partial charge in [-0.25, -0.2) is 0 Å². The van der Waals surface area contributed by atoms with Gasteiger partial charge in [0.05, 0.1) is 6.61 Å². The second-order valence-electron chi connectivity index (χ2n) is 6.76. The Morgan fingerprint density at radius 3 is 2.56 bits per heavy atom. The largest absolute Gasteiger partial charge is 0.414 e.